The Labute approximate surface area is 169 Å². The van der Waals surface area contributed by atoms with Crippen LogP contribution in [0.5, 0.6) is 0 Å². The molecule has 1 amide bonds. The van der Waals surface area contributed by atoms with E-state index in [1.807, 2.05) is 35.7 Å². The van der Waals surface area contributed by atoms with E-state index < -0.39 is 16.1 Å². The summed E-state index contributed by atoms with van der Waals surface area (Å²) in [6.07, 6.45) is 2.59. The van der Waals surface area contributed by atoms with Gasteiger partial charge in [-0.3, -0.25) is 0 Å². The summed E-state index contributed by atoms with van der Waals surface area (Å²) in [6.45, 7) is 2.58. The number of ether oxygens (including phenoxy) is 1. The van der Waals surface area contributed by atoms with Gasteiger partial charge >= 0.3 is 6.09 Å². The van der Waals surface area contributed by atoms with E-state index in [1.54, 1.807) is 23.2 Å². The SMILES string of the molecule is CCOC(=O)N1CCC[C@H](NS(C)(=O)=O)[C@@H]1Cc1csc(-c2ccccc2)n1. The first-order valence-electron chi connectivity index (χ1n) is 9.28. The normalized spacial score (nSPS) is 20.1. The molecule has 9 heteroatoms. The summed E-state index contributed by atoms with van der Waals surface area (Å²) < 4.78 is 31.5. The summed E-state index contributed by atoms with van der Waals surface area (Å²) >= 11 is 1.54. The average molecular weight is 424 g/mol. The number of carbonyl (C=O) groups is 1. The number of rotatable bonds is 6. The molecule has 1 aromatic carbocycles. The molecule has 7 nitrogen and oxygen atoms in total. The van der Waals surface area contributed by atoms with Gasteiger partial charge in [-0.25, -0.2) is 22.9 Å². The lowest BCUT2D eigenvalue weighted by atomic mass is 9.94. The highest BCUT2D eigenvalue weighted by Crippen LogP contribution is 2.27. The first-order valence-corrected chi connectivity index (χ1v) is 12.0. The fourth-order valence-corrected chi connectivity index (χ4v) is 5.15. The molecule has 2 heterocycles. The van der Waals surface area contributed by atoms with E-state index in [4.69, 9.17) is 9.72 Å². The average Bonchev–Trinajstić information content (AvgIpc) is 3.11. The Morgan fingerprint density at radius 2 is 2.11 bits per heavy atom. The zero-order valence-electron chi connectivity index (χ0n) is 16.0. The van der Waals surface area contributed by atoms with Gasteiger partial charge in [0.15, 0.2) is 0 Å². The number of nitrogens with zero attached hydrogens (tertiary/aromatic N) is 2. The van der Waals surface area contributed by atoms with E-state index in [9.17, 15) is 13.2 Å². The lowest BCUT2D eigenvalue weighted by Crippen LogP contribution is -2.57. The summed E-state index contributed by atoms with van der Waals surface area (Å²) in [5.74, 6) is 0. The van der Waals surface area contributed by atoms with Gasteiger partial charge in [0.2, 0.25) is 10.0 Å². The molecule has 0 unspecified atom stereocenters. The van der Waals surface area contributed by atoms with Crippen LogP contribution in [0.1, 0.15) is 25.5 Å². The number of benzene rings is 1. The van der Waals surface area contributed by atoms with Crippen molar-refractivity contribution in [1.29, 1.82) is 0 Å². The number of nitrogens with one attached hydrogen (secondary N) is 1. The molecule has 0 aliphatic carbocycles. The summed E-state index contributed by atoms with van der Waals surface area (Å²) in [5.41, 5.74) is 1.88. The molecule has 1 aromatic heterocycles. The Bertz CT molecular complexity index is 899. The molecule has 1 aliphatic heterocycles. The third kappa shape index (κ3) is 5.30. The van der Waals surface area contributed by atoms with Crippen molar-refractivity contribution in [1.82, 2.24) is 14.6 Å². The van der Waals surface area contributed by atoms with Gasteiger partial charge in [0, 0.05) is 30.0 Å². The van der Waals surface area contributed by atoms with E-state index >= 15 is 0 Å². The van der Waals surface area contributed by atoms with Gasteiger partial charge in [-0.15, -0.1) is 11.3 Å². The molecule has 28 heavy (non-hydrogen) atoms. The molecule has 0 spiro atoms. The van der Waals surface area contributed by atoms with Crippen LogP contribution in [0.4, 0.5) is 4.79 Å². The molecule has 0 bridgehead atoms. The highest BCUT2D eigenvalue weighted by atomic mass is 32.2. The number of piperidine rings is 1. The number of hydrogen-bond donors (Lipinski definition) is 1. The second-order valence-corrected chi connectivity index (χ2v) is 9.45. The van der Waals surface area contributed by atoms with E-state index in [2.05, 4.69) is 4.72 Å². The van der Waals surface area contributed by atoms with Crippen molar-refractivity contribution in [2.24, 2.45) is 0 Å². The summed E-state index contributed by atoms with van der Waals surface area (Å²) in [7, 11) is -3.39. The van der Waals surface area contributed by atoms with E-state index in [1.165, 1.54) is 0 Å². The van der Waals surface area contributed by atoms with Gasteiger partial charge in [0.1, 0.15) is 5.01 Å². The quantitative estimate of drug-likeness (QED) is 0.772. The minimum atomic E-state index is -3.39. The van der Waals surface area contributed by atoms with Gasteiger partial charge in [-0.2, -0.15) is 0 Å². The summed E-state index contributed by atoms with van der Waals surface area (Å²) in [6, 6.07) is 9.18. The zero-order chi connectivity index (χ0) is 20.1. The Morgan fingerprint density at radius 3 is 2.79 bits per heavy atom. The molecule has 3 rings (SSSR count). The van der Waals surface area contributed by atoms with Crippen LogP contribution in [0.25, 0.3) is 10.6 Å². The first-order chi connectivity index (χ1) is 13.4. The molecule has 2 atom stereocenters. The fraction of sp³-hybridized carbons (Fsp3) is 0.474. The lowest BCUT2D eigenvalue weighted by Gasteiger charge is -2.40. The molecule has 152 valence electrons. The maximum atomic E-state index is 12.4. The Kier molecular flexibility index (Phi) is 6.69. The molecule has 1 saturated heterocycles. The number of aromatic nitrogens is 1. The van der Waals surface area contributed by atoms with Crippen molar-refractivity contribution >= 4 is 27.5 Å². The molecular formula is C19H25N3O4S2. The molecule has 1 aliphatic rings. The first kappa shape index (κ1) is 20.8. The maximum Gasteiger partial charge on any atom is 0.410 e. The van der Waals surface area contributed by atoms with Crippen LogP contribution >= 0.6 is 11.3 Å². The third-order valence-corrected chi connectivity index (χ3v) is 6.31. The monoisotopic (exact) mass is 423 g/mol. The smallest absolute Gasteiger partial charge is 0.410 e. The summed E-state index contributed by atoms with van der Waals surface area (Å²) in [4.78, 5) is 18.8. The van der Waals surface area contributed by atoms with Crippen LogP contribution in [0.2, 0.25) is 0 Å². The highest BCUT2D eigenvalue weighted by Gasteiger charge is 2.37. The van der Waals surface area contributed by atoms with Crippen molar-refractivity contribution in [3.05, 3.63) is 41.4 Å². The number of carbonyl (C=O) groups excluding carboxylic acids is 1. The van der Waals surface area contributed by atoms with Crippen molar-refractivity contribution in [3.8, 4) is 10.6 Å². The topological polar surface area (TPSA) is 88.6 Å². The van der Waals surface area contributed by atoms with E-state index in [0.717, 1.165) is 28.9 Å². The van der Waals surface area contributed by atoms with Crippen LogP contribution in [-0.4, -0.2) is 55.9 Å². The Morgan fingerprint density at radius 1 is 1.36 bits per heavy atom. The zero-order valence-corrected chi connectivity index (χ0v) is 17.6. The number of likely N-dealkylation sites (tertiary alicyclic amines) is 1. The van der Waals surface area contributed by atoms with Gasteiger partial charge in [0.05, 0.1) is 24.6 Å². The molecular weight excluding hydrogens is 398 g/mol. The van der Waals surface area contributed by atoms with Crippen molar-refractivity contribution in [3.63, 3.8) is 0 Å². The number of sulfonamides is 1. The highest BCUT2D eigenvalue weighted by molar-refractivity contribution is 7.88. The third-order valence-electron chi connectivity index (χ3n) is 4.64. The Balaban J connectivity index is 1.84. The van der Waals surface area contributed by atoms with Crippen molar-refractivity contribution in [2.75, 3.05) is 19.4 Å². The van der Waals surface area contributed by atoms with E-state index in [0.29, 0.717) is 19.4 Å². The number of amides is 1. The minimum absolute atomic E-state index is 0.279. The van der Waals surface area contributed by atoms with E-state index in [-0.39, 0.29) is 18.7 Å². The lowest BCUT2D eigenvalue weighted by molar-refractivity contribution is 0.0676. The maximum absolute atomic E-state index is 12.4. The molecule has 2 aromatic rings. The predicted molar refractivity (Wildman–Crippen MR) is 110 cm³/mol. The van der Waals surface area contributed by atoms with Crippen LogP contribution in [0.15, 0.2) is 35.7 Å². The van der Waals surface area contributed by atoms with Gasteiger partial charge in [-0.1, -0.05) is 30.3 Å². The fourth-order valence-electron chi connectivity index (χ4n) is 3.48. The minimum Gasteiger partial charge on any atom is -0.450 e. The summed E-state index contributed by atoms with van der Waals surface area (Å²) in [5, 5.41) is 2.87. The predicted octanol–water partition coefficient (Wildman–Crippen LogP) is 2.89. The second kappa shape index (κ2) is 9.02. The molecule has 0 saturated carbocycles. The van der Waals surface area contributed by atoms with Crippen LogP contribution in [0, 0.1) is 0 Å². The number of thiazole rings is 1. The standard InChI is InChI=1S/C19H25N3O4S2/c1-3-26-19(23)22-11-7-10-16(21-28(2,24)25)17(22)12-15-13-27-18(20-15)14-8-5-4-6-9-14/h4-6,8-9,13,16-17,21H,3,7,10-12H2,1-2H3/t16-,17-/m0/s1. The Hall–Kier alpha value is -1.97. The largest absolute Gasteiger partial charge is 0.450 e. The molecule has 1 fully saturated rings. The van der Waals surface area contributed by atoms with Crippen LogP contribution in [0.3, 0.4) is 0 Å². The van der Waals surface area contributed by atoms with Gasteiger partial charge in [0.25, 0.3) is 0 Å². The second-order valence-electron chi connectivity index (χ2n) is 6.81. The number of hydrogen-bond acceptors (Lipinski definition) is 6. The molecule has 0 radical (unpaired) electrons. The van der Waals surface area contributed by atoms with Gasteiger partial charge < -0.3 is 9.64 Å². The van der Waals surface area contributed by atoms with Crippen LogP contribution in [-0.2, 0) is 21.2 Å². The van der Waals surface area contributed by atoms with Crippen molar-refractivity contribution < 1.29 is 17.9 Å². The van der Waals surface area contributed by atoms with Crippen molar-refractivity contribution in [2.45, 2.75) is 38.3 Å². The van der Waals surface area contributed by atoms with Crippen LogP contribution < -0.4 is 4.72 Å². The van der Waals surface area contributed by atoms with Gasteiger partial charge in [-0.05, 0) is 19.8 Å². The molecule has 1 N–H and O–H groups in total.